The van der Waals surface area contributed by atoms with Crippen molar-refractivity contribution in [1.29, 1.82) is 0 Å². The normalized spacial score (nSPS) is 12.5. The van der Waals surface area contributed by atoms with Crippen LogP contribution in [0.1, 0.15) is 24.1 Å². The van der Waals surface area contributed by atoms with E-state index in [9.17, 15) is 4.39 Å². The summed E-state index contributed by atoms with van der Waals surface area (Å²) < 4.78 is 13.7. The van der Waals surface area contributed by atoms with Gasteiger partial charge < -0.3 is 5.32 Å². The molecular formula is C18H17FN2. The third-order valence-corrected chi connectivity index (χ3v) is 3.69. The zero-order chi connectivity index (χ0) is 14.7. The fraction of sp³-hybridized carbons (Fsp3) is 0.167. The number of nitrogens with one attached hydrogen (secondary N) is 1. The summed E-state index contributed by atoms with van der Waals surface area (Å²) in [5.74, 6) is -0.165. The molecular weight excluding hydrogens is 263 g/mol. The highest BCUT2D eigenvalue weighted by Gasteiger charge is 2.09. The van der Waals surface area contributed by atoms with Gasteiger partial charge in [0.25, 0.3) is 0 Å². The lowest BCUT2D eigenvalue weighted by atomic mass is 10.1. The van der Waals surface area contributed by atoms with Crippen molar-refractivity contribution in [1.82, 2.24) is 10.3 Å². The summed E-state index contributed by atoms with van der Waals surface area (Å²) in [7, 11) is 0. The summed E-state index contributed by atoms with van der Waals surface area (Å²) in [6, 6.07) is 15.1. The van der Waals surface area contributed by atoms with Gasteiger partial charge in [0, 0.05) is 35.9 Å². The lowest BCUT2D eigenvalue weighted by molar-refractivity contribution is 0.528. The van der Waals surface area contributed by atoms with Gasteiger partial charge in [0.2, 0.25) is 0 Å². The molecule has 0 fully saturated rings. The fourth-order valence-corrected chi connectivity index (χ4v) is 2.45. The van der Waals surface area contributed by atoms with Gasteiger partial charge in [-0.2, -0.15) is 0 Å². The van der Waals surface area contributed by atoms with Crippen LogP contribution in [-0.2, 0) is 6.54 Å². The van der Waals surface area contributed by atoms with E-state index < -0.39 is 0 Å². The van der Waals surface area contributed by atoms with E-state index in [1.54, 1.807) is 12.3 Å². The molecule has 0 saturated heterocycles. The molecule has 0 amide bonds. The first-order valence-electron chi connectivity index (χ1n) is 7.04. The highest BCUT2D eigenvalue weighted by molar-refractivity contribution is 5.81. The predicted octanol–water partition coefficient (Wildman–Crippen LogP) is 4.22. The molecule has 2 aromatic carbocycles. The maximum absolute atomic E-state index is 13.7. The lowest BCUT2D eigenvalue weighted by Crippen LogP contribution is -2.19. The number of rotatable bonds is 4. The Kier molecular flexibility index (Phi) is 3.93. The number of pyridine rings is 1. The van der Waals surface area contributed by atoms with Crippen molar-refractivity contribution >= 4 is 10.8 Å². The second-order valence-electron chi connectivity index (χ2n) is 5.18. The Labute approximate surface area is 123 Å². The summed E-state index contributed by atoms with van der Waals surface area (Å²) in [6.45, 7) is 2.68. The summed E-state index contributed by atoms with van der Waals surface area (Å²) in [5, 5.41) is 5.66. The Bertz CT molecular complexity index is 755. The van der Waals surface area contributed by atoms with E-state index in [1.807, 2.05) is 31.3 Å². The van der Waals surface area contributed by atoms with Crippen LogP contribution in [0.15, 0.2) is 60.9 Å². The molecule has 0 bridgehead atoms. The molecule has 0 spiro atoms. The minimum atomic E-state index is -0.165. The Morgan fingerprint density at radius 3 is 2.81 bits per heavy atom. The van der Waals surface area contributed by atoms with Crippen molar-refractivity contribution in [2.45, 2.75) is 19.5 Å². The number of aromatic nitrogens is 1. The minimum absolute atomic E-state index is 0.0284. The highest BCUT2D eigenvalue weighted by Crippen LogP contribution is 2.18. The van der Waals surface area contributed by atoms with Gasteiger partial charge in [-0.05, 0) is 36.1 Å². The van der Waals surface area contributed by atoms with Crippen LogP contribution >= 0.6 is 0 Å². The zero-order valence-electron chi connectivity index (χ0n) is 11.9. The Hall–Kier alpha value is -2.26. The summed E-state index contributed by atoms with van der Waals surface area (Å²) in [5.41, 5.74) is 1.87. The van der Waals surface area contributed by atoms with Crippen LogP contribution < -0.4 is 5.32 Å². The van der Waals surface area contributed by atoms with Crippen LogP contribution in [0.25, 0.3) is 10.8 Å². The van der Waals surface area contributed by atoms with E-state index in [2.05, 4.69) is 28.5 Å². The average Bonchev–Trinajstić information content (AvgIpc) is 2.53. The molecule has 1 aromatic heterocycles. The number of hydrogen-bond acceptors (Lipinski definition) is 2. The molecule has 21 heavy (non-hydrogen) atoms. The van der Waals surface area contributed by atoms with E-state index >= 15 is 0 Å². The van der Waals surface area contributed by atoms with Gasteiger partial charge in [0.15, 0.2) is 0 Å². The van der Waals surface area contributed by atoms with Crippen LogP contribution in [0.2, 0.25) is 0 Å². The summed E-state index contributed by atoms with van der Waals surface area (Å²) >= 11 is 0. The van der Waals surface area contributed by atoms with Crippen molar-refractivity contribution in [2.75, 3.05) is 0 Å². The molecule has 0 aliphatic heterocycles. The minimum Gasteiger partial charge on any atom is -0.306 e. The van der Waals surface area contributed by atoms with Crippen molar-refractivity contribution in [3.05, 3.63) is 77.9 Å². The van der Waals surface area contributed by atoms with Crippen LogP contribution in [0, 0.1) is 5.82 Å². The van der Waals surface area contributed by atoms with Crippen molar-refractivity contribution in [2.24, 2.45) is 0 Å². The topological polar surface area (TPSA) is 24.9 Å². The monoisotopic (exact) mass is 280 g/mol. The SMILES string of the molecule is C[C@@H](NCc1ccc2cnccc2c1)c1ccccc1F. The third-order valence-electron chi connectivity index (χ3n) is 3.69. The average molecular weight is 280 g/mol. The molecule has 3 rings (SSSR count). The molecule has 1 atom stereocenters. The van der Waals surface area contributed by atoms with E-state index in [4.69, 9.17) is 0 Å². The third kappa shape index (κ3) is 3.09. The van der Waals surface area contributed by atoms with E-state index in [1.165, 1.54) is 17.0 Å². The maximum Gasteiger partial charge on any atom is 0.127 e. The zero-order valence-corrected chi connectivity index (χ0v) is 11.9. The van der Waals surface area contributed by atoms with Crippen LogP contribution in [0.5, 0.6) is 0 Å². The number of nitrogens with zero attached hydrogens (tertiary/aromatic N) is 1. The Balaban J connectivity index is 1.73. The summed E-state index contributed by atoms with van der Waals surface area (Å²) in [6.07, 6.45) is 3.65. The van der Waals surface area contributed by atoms with Gasteiger partial charge in [-0.15, -0.1) is 0 Å². The van der Waals surface area contributed by atoms with E-state index in [-0.39, 0.29) is 11.9 Å². The molecule has 3 aromatic rings. The number of fused-ring (bicyclic) bond motifs is 1. The van der Waals surface area contributed by atoms with Crippen molar-refractivity contribution in [3.8, 4) is 0 Å². The molecule has 0 aliphatic carbocycles. The number of hydrogen-bond donors (Lipinski definition) is 1. The van der Waals surface area contributed by atoms with Crippen LogP contribution in [-0.4, -0.2) is 4.98 Å². The molecule has 0 unspecified atom stereocenters. The summed E-state index contributed by atoms with van der Waals surface area (Å²) in [4.78, 5) is 4.11. The molecule has 0 radical (unpaired) electrons. The van der Waals surface area contributed by atoms with Crippen molar-refractivity contribution in [3.63, 3.8) is 0 Å². The van der Waals surface area contributed by atoms with E-state index in [0.717, 1.165) is 5.39 Å². The van der Waals surface area contributed by atoms with Crippen LogP contribution in [0.4, 0.5) is 4.39 Å². The quantitative estimate of drug-likeness (QED) is 0.773. The van der Waals surface area contributed by atoms with Gasteiger partial charge in [-0.3, -0.25) is 4.98 Å². The van der Waals surface area contributed by atoms with Gasteiger partial charge >= 0.3 is 0 Å². The molecule has 2 nitrogen and oxygen atoms in total. The van der Waals surface area contributed by atoms with Gasteiger partial charge in [-0.25, -0.2) is 4.39 Å². The van der Waals surface area contributed by atoms with Gasteiger partial charge in [0.05, 0.1) is 0 Å². The standard InChI is InChI=1S/C18H17FN2/c1-13(17-4-2-3-5-18(17)19)21-11-14-6-7-16-12-20-9-8-15(16)10-14/h2-10,12-13,21H,11H2,1H3/t13-/m1/s1. The Morgan fingerprint density at radius 2 is 1.95 bits per heavy atom. The van der Waals surface area contributed by atoms with Crippen molar-refractivity contribution < 1.29 is 4.39 Å². The van der Waals surface area contributed by atoms with Gasteiger partial charge in [0.1, 0.15) is 5.82 Å². The lowest BCUT2D eigenvalue weighted by Gasteiger charge is -2.15. The largest absolute Gasteiger partial charge is 0.306 e. The smallest absolute Gasteiger partial charge is 0.127 e. The predicted molar refractivity (Wildman–Crippen MR) is 83.4 cm³/mol. The molecule has 3 heteroatoms. The number of halogens is 1. The van der Waals surface area contributed by atoms with E-state index in [0.29, 0.717) is 12.1 Å². The second-order valence-corrected chi connectivity index (χ2v) is 5.18. The first-order valence-corrected chi connectivity index (χ1v) is 7.04. The van der Waals surface area contributed by atoms with Crippen LogP contribution in [0.3, 0.4) is 0 Å². The second kappa shape index (κ2) is 6.02. The molecule has 1 N–H and O–H groups in total. The highest BCUT2D eigenvalue weighted by atomic mass is 19.1. The van der Waals surface area contributed by atoms with Gasteiger partial charge in [-0.1, -0.05) is 30.3 Å². The molecule has 0 aliphatic rings. The Morgan fingerprint density at radius 1 is 1.10 bits per heavy atom. The number of benzene rings is 2. The molecule has 1 heterocycles. The maximum atomic E-state index is 13.7. The first kappa shape index (κ1) is 13.7. The molecule has 106 valence electrons. The molecule has 0 saturated carbocycles. The fourth-order valence-electron chi connectivity index (χ4n) is 2.45. The first-order chi connectivity index (χ1) is 10.2.